The molecule has 12 nitrogen and oxygen atoms in total. The van der Waals surface area contributed by atoms with Crippen LogP contribution in [0.25, 0.3) is 11.2 Å². The third kappa shape index (κ3) is 3.07. The van der Waals surface area contributed by atoms with Crippen molar-refractivity contribution in [1.29, 1.82) is 0 Å². The van der Waals surface area contributed by atoms with Crippen LogP contribution in [0.3, 0.4) is 0 Å². The summed E-state index contributed by atoms with van der Waals surface area (Å²) in [5, 5.41) is 38.3. The first-order valence-electron chi connectivity index (χ1n) is 7.08. The van der Waals surface area contributed by atoms with Gasteiger partial charge in [-0.05, 0) is 0 Å². The zero-order valence-electron chi connectivity index (χ0n) is 12.6. The van der Waals surface area contributed by atoms with Gasteiger partial charge in [0, 0.05) is 0 Å². The Labute approximate surface area is 143 Å². The van der Waals surface area contributed by atoms with Crippen molar-refractivity contribution in [3.05, 3.63) is 10.4 Å². The first-order chi connectivity index (χ1) is 11.8. The van der Waals surface area contributed by atoms with Gasteiger partial charge in [0.15, 0.2) is 22.5 Å². The van der Waals surface area contributed by atoms with Gasteiger partial charge >= 0.3 is 5.97 Å². The van der Waals surface area contributed by atoms with Crippen molar-refractivity contribution in [2.75, 3.05) is 18.1 Å². The van der Waals surface area contributed by atoms with Crippen molar-refractivity contribution in [3.63, 3.8) is 0 Å². The molecule has 0 radical (unpaired) electrons. The summed E-state index contributed by atoms with van der Waals surface area (Å²) in [5.41, 5.74) is 4.73. The zero-order chi connectivity index (χ0) is 18.3. The number of aliphatic carboxylic acids is 1. The van der Waals surface area contributed by atoms with E-state index in [0.717, 1.165) is 11.8 Å². The number of nitrogens with one attached hydrogen (secondary N) is 1. The van der Waals surface area contributed by atoms with Gasteiger partial charge in [0.1, 0.15) is 18.3 Å². The molecular formula is C12H15N5O7S. The number of hydrogen-bond acceptors (Lipinski definition) is 10. The number of nitrogens with two attached hydrogens (primary N) is 1. The highest BCUT2D eigenvalue weighted by molar-refractivity contribution is 7.99. The summed E-state index contributed by atoms with van der Waals surface area (Å²) in [7, 11) is 0. The first-order valence-corrected chi connectivity index (χ1v) is 8.06. The number of aromatic nitrogens is 4. The fraction of sp³-hybridized carbons (Fsp3) is 0.500. The summed E-state index contributed by atoms with van der Waals surface area (Å²) in [4.78, 5) is 33.1. The Morgan fingerprint density at radius 2 is 2.08 bits per heavy atom. The lowest BCUT2D eigenvalue weighted by Gasteiger charge is -2.18. The van der Waals surface area contributed by atoms with Crippen LogP contribution in [0.1, 0.15) is 6.23 Å². The number of nitrogen functional groups attached to an aromatic ring is 1. The third-order valence-electron chi connectivity index (χ3n) is 3.63. The second-order valence-electron chi connectivity index (χ2n) is 5.30. The van der Waals surface area contributed by atoms with E-state index in [9.17, 15) is 24.9 Å². The summed E-state index contributed by atoms with van der Waals surface area (Å²) in [5.74, 6) is -1.70. The predicted molar refractivity (Wildman–Crippen MR) is 83.9 cm³/mol. The molecule has 7 N–H and O–H groups in total. The molecule has 3 heterocycles. The van der Waals surface area contributed by atoms with Crippen molar-refractivity contribution in [3.8, 4) is 0 Å². The summed E-state index contributed by atoms with van der Waals surface area (Å²) in [6, 6.07) is 0. The molecule has 2 aromatic rings. The van der Waals surface area contributed by atoms with Gasteiger partial charge < -0.3 is 30.9 Å². The average Bonchev–Trinajstić information content (AvgIpc) is 3.04. The van der Waals surface area contributed by atoms with Gasteiger partial charge in [0.05, 0.1) is 12.4 Å². The molecule has 0 unspecified atom stereocenters. The van der Waals surface area contributed by atoms with Crippen molar-refractivity contribution in [1.82, 2.24) is 19.5 Å². The van der Waals surface area contributed by atoms with E-state index >= 15 is 0 Å². The number of fused-ring (bicyclic) bond motifs is 1. The predicted octanol–water partition coefficient (Wildman–Crippen LogP) is -2.51. The van der Waals surface area contributed by atoms with Crippen LogP contribution in [-0.2, 0) is 9.53 Å². The van der Waals surface area contributed by atoms with Gasteiger partial charge in [0.2, 0.25) is 5.95 Å². The summed E-state index contributed by atoms with van der Waals surface area (Å²) in [6.07, 6.45) is -5.14. The number of aromatic amines is 1. The normalized spacial score (nSPS) is 26.4. The Hall–Kier alpha value is -2.19. The number of nitrogens with zero attached hydrogens (tertiary/aromatic N) is 3. The largest absolute Gasteiger partial charge is 0.481 e. The molecule has 0 aliphatic carbocycles. The highest BCUT2D eigenvalue weighted by atomic mass is 32.2. The SMILES string of the molecule is Nc1nc2c(nc(SCC(=O)O)n2[C@@H]2O[C@H](CO)[C@@H](O)[C@H]2O)c(=O)[nH]1. The number of thioether (sulfide) groups is 1. The minimum Gasteiger partial charge on any atom is -0.481 e. The lowest BCUT2D eigenvalue weighted by Crippen LogP contribution is -2.33. The molecule has 1 aliphatic heterocycles. The minimum absolute atomic E-state index is 0.0378. The standard InChI is InChI=1S/C12H15N5O7S/c13-11-15-8-5(9(23)16-11)14-12(25-2-4(19)20)17(8)10-7(22)6(21)3(1-18)24-10/h3,6-7,10,18,21-22H,1-2H2,(H,19,20)(H3,13,15,16,23)/t3-,6-,7-,10-/m1/s1. The maximum absolute atomic E-state index is 12.0. The number of carboxylic acids is 1. The number of carbonyl (C=O) groups is 1. The van der Waals surface area contributed by atoms with Crippen molar-refractivity contribution in [2.24, 2.45) is 0 Å². The molecule has 0 saturated carbocycles. The third-order valence-corrected chi connectivity index (χ3v) is 4.57. The first kappa shape index (κ1) is 17.6. The summed E-state index contributed by atoms with van der Waals surface area (Å²) in [6.45, 7) is -0.547. The number of ether oxygens (including phenoxy) is 1. The molecule has 0 amide bonds. The van der Waals surface area contributed by atoms with E-state index in [1.54, 1.807) is 0 Å². The highest BCUT2D eigenvalue weighted by Crippen LogP contribution is 2.35. The molecule has 1 fully saturated rings. The molecule has 1 aliphatic rings. The molecule has 13 heteroatoms. The number of hydrogen-bond donors (Lipinski definition) is 6. The molecule has 136 valence electrons. The molecule has 1 saturated heterocycles. The van der Waals surface area contributed by atoms with Gasteiger partial charge in [-0.3, -0.25) is 19.1 Å². The molecule has 0 aromatic carbocycles. The quantitative estimate of drug-likeness (QED) is 0.303. The van der Waals surface area contributed by atoms with E-state index in [2.05, 4.69) is 15.0 Å². The van der Waals surface area contributed by atoms with Gasteiger partial charge in [-0.25, -0.2) is 4.98 Å². The molecule has 0 spiro atoms. The van der Waals surface area contributed by atoms with E-state index in [1.165, 1.54) is 4.57 Å². The van der Waals surface area contributed by atoms with Crippen LogP contribution in [0, 0.1) is 0 Å². The Bertz CT molecular complexity index is 867. The number of H-pyrrole nitrogens is 1. The van der Waals surface area contributed by atoms with E-state index in [4.69, 9.17) is 15.6 Å². The minimum atomic E-state index is -1.46. The van der Waals surface area contributed by atoms with Gasteiger partial charge in [-0.2, -0.15) is 4.98 Å². The summed E-state index contributed by atoms with van der Waals surface area (Å²) < 4.78 is 6.63. The highest BCUT2D eigenvalue weighted by Gasteiger charge is 2.45. The van der Waals surface area contributed by atoms with Crippen LogP contribution in [0.2, 0.25) is 0 Å². The molecule has 25 heavy (non-hydrogen) atoms. The topological polar surface area (TPSA) is 197 Å². The van der Waals surface area contributed by atoms with E-state index in [1.807, 2.05) is 0 Å². The molecule has 3 rings (SSSR count). The Morgan fingerprint density at radius 3 is 2.68 bits per heavy atom. The Kier molecular flexibility index (Phi) is 4.66. The average molecular weight is 373 g/mol. The van der Waals surface area contributed by atoms with E-state index in [-0.39, 0.29) is 28.0 Å². The zero-order valence-corrected chi connectivity index (χ0v) is 13.4. The maximum atomic E-state index is 12.0. The molecule has 0 bridgehead atoms. The van der Waals surface area contributed by atoms with Crippen molar-refractivity contribution in [2.45, 2.75) is 29.7 Å². The maximum Gasteiger partial charge on any atom is 0.313 e. The van der Waals surface area contributed by atoms with Crippen LogP contribution < -0.4 is 11.3 Å². The van der Waals surface area contributed by atoms with Gasteiger partial charge in [-0.1, -0.05) is 11.8 Å². The van der Waals surface area contributed by atoms with Gasteiger partial charge in [0.25, 0.3) is 5.56 Å². The lowest BCUT2D eigenvalue weighted by atomic mass is 10.1. The molecular weight excluding hydrogens is 358 g/mol. The fourth-order valence-electron chi connectivity index (χ4n) is 2.53. The van der Waals surface area contributed by atoms with Crippen LogP contribution in [-0.4, -0.2) is 76.6 Å². The van der Waals surface area contributed by atoms with Crippen LogP contribution in [0.4, 0.5) is 5.95 Å². The molecule has 4 atom stereocenters. The smallest absolute Gasteiger partial charge is 0.313 e. The number of rotatable bonds is 5. The van der Waals surface area contributed by atoms with Crippen molar-refractivity contribution < 1.29 is 30.0 Å². The lowest BCUT2D eigenvalue weighted by molar-refractivity contribution is -0.133. The van der Waals surface area contributed by atoms with Crippen molar-refractivity contribution >= 4 is 34.8 Å². The Balaban J connectivity index is 2.15. The number of aliphatic hydroxyl groups is 3. The number of imidazole rings is 1. The molecule has 2 aromatic heterocycles. The Morgan fingerprint density at radius 1 is 1.36 bits per heavy atom. The summed E-state index contributed by atoms with van der Waals surface area (Å²) >= 11 is 0.778. The second kappa shape index (κ2) is 6.61. The van der Waals surface area contributed by atoms with Crippen LogP contribution in [0.15, 0.2) is 9.95 Å². The monoisotopic (exact) mass is 373 g/mol. The van der Waals surface area contributed by atoms with E-state index in [0.29, 0.717) is 0 Å². The van der Waals surface area contributed by atoms with Crippen LogP contribution >= 0.6 is 11.8 Å². The van der Waals surface area contributed by atoms with Crippen LogP contribution in [0.5, 0.6) is 0 Å². The number of aliphatic hydroxyl groups excluding tert-OH is 3. The number of anilines is 1. The fourth-order valence-corrected chi connectivity index (χ4v) is 3.27. The second-order valence-corrected chi connectivity index (χ2v) is 6.24. The van der Waals surface area contributed by atoms with Gasteiger partial charge in [-0.15, -0.1) is 0 Å². The van der Waals surface area contributed by atoms with E-state index < -0.39 is 42.7 Å². The number of carboxylic acid groups (broad SMARTS) is 1.